The highest BCUT2D eigenvalue weighted by molar-refractivity contribution is 8.00. The van der Waals surface area contributed by atoms with Crippen molar-refractivity contribution in [1.82, 2.24) is 24.4 Å². The van der Waals surface area contributed by atoms with Crippen LogP contribution in [0.3, 0.4) is 0 Å². The van der Waals surface area contributed by atoms with Gasteiger partial charge in [-0.05, 0) is 24.3 Å². The minimum atomic E-state index is -0.457. The highest BCUT2D eigenvalue weighted by Crippen LogP contribution is 2.28. The summed E-state index contributed by atoms with van der Waals surface area (Å²) in [6, 6.07) is 4.00. The summed E-state index contributed by atoms with van der Waals surface area (Å²) in [5.41, 5.74) is -0.632. The maximum atomic E-state index is 12.8. The molecular formula is C20H23N5O3S2. The number of thioether (sulfide) groups is 1. The zero-order chi connectivity index (χ0) is 21.3. The predicted octanol–water partition coefficient (Wildman–Crippen LogP) is 2.30. The number of aromatic nitrogens is 4. The Morgan fingerprint density at radius 1 is 1.20 bits per heavy atom. The molecule has 10 heteroatoms. The van der Waals surface area contributed by atoms with Crippen LogP contribution in [0.2, 0.25) is 0 Å². The molecule has 0 atom stereocenters. The summed E-state index contributed by atoms with van der Waals surface area (Å²) in [4.78, 5) is 47.6. The number of thiophene rings is 1. The van der Waals surface area contributed by atoms with Crippen LogP contribution in [0.25, 0.3) is 21.7 Å². The number of nitrogens with one attached hydrogen (secondary N) is 1. The first-order valence-electron chi connectivity index (χ1n) is 9.89. The lowest BCUT2D eigenvalue weighted by Gasteiger charge is -2.22. The van der Waals surface area contributed by atoms with Gasteiger partial charge in [0, 0.05) is 20.1 Å². The van der Waals surface area contributed by atoms with Gasteiger partial charge in [-0.25, -0.2) is 14.8 Å². The van der Waals surface area contributed by atoms with Gasteiger partial charge in [-0.3, -0.25) is 18.7 Å². The van der Waals surface area contributed by atoms with Crippen LogP contribution in [-0.4, -0.2) is 36.8 Å². The van der Waals surface area contributed by atoms with Crippen LogP contribution >= 0.6 is 23.1 Å². The minimum Gasteiger partial charge on any atom is -0.353 e. The van der Waals surface area contributed by atoms with Crippen molar-refractivity contribution in [2.75, 3.05) is 5.75 Å². The fraction of sp³-hybridized carbons (Fsp3) is 0.450. The summed E-state index contributed by atoms with van der Waals surface area (Å²) in [7, 11) is 3.01. The van der Waals surface area contributed by atoms with E-state index in [1.807, 2.05) is 17.5 Å². The van der Waals surface area contributed by atoms with E-state index in [1.54, 1.807) is 7.05 Å². The summed E-state index contributed by atoms with van der Waals surface area (Å²) >= 11 is 2.68. The molecule has 30 heavy (non-hydrogen) atoms. The maximum absolute atomic E-state index is 12.8. The second-order valence-electron chi connectivity index (χ2n) is 7.43. The molecule has 4 rings (SSSR count). The number of aryl methyl sites for hydroxylation is 1. The monoisotopic (exact) mass is 445 g/mol. The predicted molar refractivity (Wildman–Crippen MR) is 119 cm³/mol. The second-order valence-corrected chi connectivity index (χ2v) is 9.34. The first kappa shape index (κ1) is 20.8. The second kappa shape index (κ2) is 8.73. The molecule has 1 fully saturated rings. The third-order valence-corrected chi connectivity index (χ3v) is 7.16. The van der Waals surface area contributed by atoms with Crippen molar-refractivity contribution in [2.45, 2.75) is 43.2 Å². The molecule has 0 saturated heterocycles. The third kappa shape index (κ3) is 4.06. The van der Waals surface area contributed by atoms with E-state index in [1.165, 1.54) is 41.1 Å². The van der Waals surface area contributed by atoms with Gasteiger partial charge in [0.25, 0.3) is 5.56 Å². The zero-order valence-electron chi connectivity index (χ0n) is 16.9. The van der Waals surface area contributed by atoms with Gasteiger partial charge < -0.3 is 5.32 Å². The first-order valence-corrected chi connectivity index (χ1v) is 11.8. The largest absolute Gasteiger partial charge is 0.353 e. The number of hydrogen-bond acceptors (Lipinski definition) is 7. The molecule has 1 aliphatic carbocycles. The molecule has 1 N–H and O–H groups in total. The number of rotatable bonds is 5. The maximum Gasteiger partial charge on any atom is 0.332 e. The molecule has 1 saturated carbocycles. The van der Waals surface area contributed by atoms with Crippen molar-refractivity contribution in [3.8, 4) is 10.7 Å². The molecular weight excluding hydrogens is 422 g/mol. The average Bonchev–Trinajstić information content (AvgIpc) is 3.30. The van der Waals surface area contributed by atoms with Gasteiger partial charge in [0.1, 0.15) is 10.4 Å². The molecule has 0 radical (unpaired) electrons. The van der Waals surface area contributed by atoms with Crippen LogP contribution < -0.4 is 16.6 Å². The van der Waals surface area contributed by atoms with Crippen molar-refractivity contribution in [1.29, 1.82) is 0 Å². The summed E-state index contributed by atoms with van der Waals surface area (Å²) in [6.45, 7) is 0. The molecule has 1 amide bonds. The molecule has 1 aliphatic rings. The van der Waals surface area contributed by atoms with Gasteiger partial charge in [-0.1, -0.05) is 37.1 Å². The van der Waals surface area contributed by atoms with E-state index in [0.717, 1.165) is 35.1 Å². The lowest BCUT2D eigenvalue weighted by Crippen LogP contribution is -2.38. The van der Waals surface area contributed by atoms with E-state index in [4.69, 9.17) is 0 Å². The smallest absolute Gasteiger partial charge is 0.332 e. The Balaban J connectivity index is 1.71. The molecule has 3 aromatic heterocycles. The average molecular weight is 446 g/mol. The zero-order valence-corrected chi connectivity index (χ0v) is 18.5. The van der Waals surface area contributed by atoms with E-state index < -0.39 is 11.2 Å². The van der Waals surface area contributed by atoms with Crippen molar-refractivity contribution in [3.05, 3.63) is 38.4 Å². The van der Waals surface area contributed by atoms with Gasteiger partial charge in [-0.2, -0.15) is 0 Å². The van der Waals surface area contributed by atoms with Crippen molar-refractivity contribution >= 4 is 40.0 Å². The van der Waals surface area contributed by atoms with Crippen LogP contribution in [0.4, 0.5) is 0 Å². The summed E-state index contributed by atoms with van der Waals surface area (Å²) in [5.74, 6) is 0.521. The van der Waals surface area contributed by atoms with Gasteiger partial charge in [0.15, 0.2) is 11.5 Å². The lowest BCUT2D eigenvalue weighted by atomic mass is 9.95. The van der Waals surface area contributed by atoms with E-state index in [9.17, 15) is 14.4 Å². The number of fused-ring (bicyclic) bond motifs is 1. The molecule has 0 spiro atoms. The van der Waals surface area contributed by atoms with Crippen LogP contribution in [0.1, 0.15) is 32.1 Å². The Bertz CT molecular complexity index is 1190. The normalized spacial score (nSPS) is 14.9. The molecule has 8 nitrogen and oxygen atoms in total. The van der Waals surface area contributed by atoms with Gasteiger partial charge in [0.2, 0.25) is 5.91 Å². The molecule has 3 aromatic rings. The fourth-order valence-electron chi connectivity index (χ4n) is 3.70. The van der Waals surface area contributed by atoms with Crippen LogP contribution in [0.5, 0.6) is 0 Å². The van der Waals surface area contributed by atoms with Gasteiger partial charge in [-0.15, -0.1) is 11.3 Å². The lowest BCUT2D eigenvalue weighted by molar-refractivity contribution is -0.119. The summed E-state index contributed by atoms with van der Waals surface area (Å²) in [6.07, 6.45) is 5.53. The number of amides is 1. The fourth-order valence-corrected chi connectivity index (χ4v) is 5.18. The standard InChI is InChI=1S/C20H23N5O3S2/c1-24-17-15(19(27)25(2)20(24)28)18(23-16(22-17)13-9-6-10-29-13)30-11-14(26)21-12-7-4-3-5-8-12/h6,9-10,12H,3-5,7-8,11H2,1-2H3,(H,21,26). The first-order chi connectivity index (χ1) is 14.5. The Morgan fingerprint density at radius 2 is 1.97 bits per heavy atom. The summed E-state index contributed by atoms with van der Waals surface area (Å²) in [5, 5.41) is 5.67. The molecule has 0 aromatic carbocycles. The Morgan fingerprint density at radius 3 is 2.67 bits per heavy atom. The quantitative estimate of drug-likeness (QED) is 0.478. The number of hydrogen-bond donors (Lipinski definition) is 1. The molecule has 0 aliphatic heterocycles. The Kier molecular flexibility index (Phi) is 6.05. The highest BCUT2D eigenvalue weighted by Gasteiger charge is 2.20. The van der Waals surface area contributed by atoms with E-state index in [-0.39, 0.29) is 28.7 Å². The minimum absolute atomic E-state index is 0.0713. The topological polar surface area (TPSA) is 98.9 Å². The number of nitrogens with zero attached hydrogens (tertiary/aromatic N) is 4. The van der Waals surface area contributed by atoms with Crippen molar-refractivity contribution < 1.29 is 4.79 Å². The van der Waals surface area contributed by atoms with Gasteiger partial charge >= 0.3 is 5.69 Å². The molecule has 0 unspecified atom stereocenters. The van der Waals surface area contributed by atoms with Gasteiger partial charge in [0.05, 0.1) is 10.6 Å². The van der Waals surface area contributed by atoms with Crippen LogP contribution in [0, 0.1) is 0 Å². The third-order valence-electron chi connectivity index (χ3n) is 5.32. The summed E-state index contributed by atoms with van der Waals surface area (Å²) < 4.78 is 2.39. The molecule has 158 valence electrons. The van der Waals surface area contributed by atoms with Crippen LogP contribution in [0.15, 0.2) is 32.1 Å². The number of carbonyl (C=O) groups excluding carboxylic acids is 1. The van der Waals surface area contributed by atoms with Crippen molar-refractivity contribution in [2.24, 2.45) is 14.1 Å². The Hall–Kier alpha value is -2.46. The van der Waals surface area contributed by atoms with E-state index in [2.05, 4.69) is 15.3 Å². The van der Waals surface area contributed by atoms with E-state index in [0.29, 0.717) is 10.9 Å². The SMILES string of the molecule is Cn1c(=O)c2c(SCC(=O)NC3CCCCC3)nc(-c3cccs3)nc2n(C)c1=O. The Labute approximate surface area is 181 Å². The molecule has 3 heterocycles. The highest BCUT2D eigenvalue weighted by atomic mass is 32.2. The van der Waals surface area contributed by atoms with Crippen LogP contribution in [-0.2, 0) is 18.9 Å². The van der Waals surface area contributed by atoms with E-state index >= 15 is 0 Å². The number of carbonyl (C=O) groups is 1. The molecule has 0 bridgehead atoms. The van der Waals surface area contributed by atoms with Crippen molar-refractivity contribution in [3.63, 3.8) is 0 Å².